The smallest absolute Gasteiger partial charge is 0.434 e. The zero-order chi connectivity index (χ0) is 14.6. The molecular weight excluding hydrogens is 293 g/mol. The van der Waals surface area contributed by atoms with Crippen molar-refractivity contribution >= 4 is 22.4 Å². The standard InChI is InChI=1S/C12H9F3N2O2S/c13-12(14,15)9-7-20-11(16-9)17-10(18)6-19-8-4-2-1-3-5-8/h1-5,7H,6H2,(H,16,17,18). The van der Waals surface area contributed by atoms with Gasteiger partial charge < -0.3 is 4.74 Å². The number of halogens is 3. The van der Waals surface area contributed by atoms with Gasteiger partial charge in [-0.2, -0.15) is 13.2 Å². The Morgan fingerprint density at radius 3 is 2.60 bits per heavy atom. The van der Waals surface area contributed by atoms with Crippen LogP contribution in [0.2, 0.25) is 0 Å². The lowest BCUT2D eigenvalue weighted by atomic mass is 10.3. The normalized spacial score (nSPS) is 11.2. The predicted octanol–water partition coefficient (Wildman–Crippen LogP) is 3.18. The van der Waals surface area contributed by atoms with E-state index in [9.17, 15) is 18.0 Å². The lowest BCUT2D eigenvalue weighted by molar-refractivity contribution is -0.140. The summed E-state index contributed by atoms with van der Waals surface area (Å²) < 4.78 is 42.1. The third-order valence-corrected chi connectivity index (χ3v) is 2.91. The number of alkyl halides is 3. The number of aromatic nitrogens is 1. The molecular formula is C12H9F3N2O2S. The van der Waals surface area contributed by atoms with Crippen molar-refractivity contribution in [2.24, 2.45) is 0 Å². The summed E-state index contributed by atoms with van der Waals surface area (Å²) in [5.74, 6) is -0.0744. The van der Waals surface area contributed by atoms with Gasteiger partial charge in [-0.15, -0.1) is 11.3 Å². The van der Waals surface area contributed by atoms with E-state index in [4.69, 9.17) is 4.74 Å². The second-order valence-electron chi connectivity index (χ2n) is 3.69. The number of para-hydroxylation sites is 1. The summed E-state index contributed by atoms with van der Waals surface area (Å²) in [6.07, 6.45) is -4.51. The van der Waals surface area contributed by atoms with Crippen LogP contribution < -0.4 is 10.1 Å². The fourth-order valence-corrected chi connectivity index (χ4v) is 2.02. The maximum atomic E-state index is 12.3. The minimum absolute atomic E-state index is 0.112. The van der Waals surface area contributed by atoms with Crippen molar-refractivity contribution in [3.8, 4) is 5.75 Å². The highest BCUT2D eigenvalue weighted by atomic mass is 32.1. The van der Waals surface area contributed by atoms with Gasteiger partial charge in [-0.3, -0.25) is 10.1 Å². The zero-order valence-electron chi connectivity index (χ0n) is 9.98. The molecule has 0 spiro atoms. The maximum Gasteiger partial charge on any atom is 0.434 e. The van der Waals surface area contributed by atoms with Crippen LogP contribution >= 0.6 is 11.3 Å². The molecule has 20 heavy (non-hydrogen) atoms. The summed E-state index contributed by atoms with van der Waals surface area (Å²) in [6, 6.07) is 8.60. The molecule has 0 saturated heterocycles. The van der Waals surface area contributed by atoms with Crippen LogP contribution in [0, 0.1) is 0 Å². The molecule has 0 saturated carbocycles. The number of hydrogen-bond donors (Lipinski definition) is 1. The lowest BCUT2D eigenvalue weighted by Crippen LogP contribution is -2.20. The van der Waals surface area contributed by atoms with E-state index in [1.165, 1.54) is 0 Å². The molecule has 0 fully saturated rings. The average molecular weight is 302 g/mol. The molecule has 0 atom stereocenters. The van der Waals surface area contributed by atoms with Gasteiger partial charge >= 0.3 is 6.18 Å². The van der Waals surface area contributed by atoms with Crippen LogP contribution in [0.3, 0.4) is 0 Å². The molecule has 1 N–H and O–H groups in total. The van der Waals surface area contributed by atoms with E-state index in [0.29, 0.717) is 17.1 Å². The van der Waals surface area contributed by atoms with Crippen molar-refractivity contribution in [1.82, 2.24) is 4.98 Å². The molecule has 1 heterocycles. The predicted molar refractivity (Wildman–Crippen MR) is 67.7 cm³/mol. The maximum absolute atomic E-state index is 12.3. The van der Waals surface area contributed by atoms with E-state index in [1.807, 2.05) is 0 Å². The van der Waals surface area contributed by atoms with Gasteiger partial charge in [0.2, 0.25) is 0 Å². The molecule has 0 aliphatic carbocycles. The van der Waals surface area contributed by atoms with Crippen molar-refractivity contribution < 1.29 is 22.7 Å². The number of anilines is 1. The molecule has 0 radical (unpaired) electrons. The molecule has 1 amide bonds. The number of carbonyl (C=O) groups is 1. The Morgan fingerprint density at radius 1 is 1.30 bits per heavy atom. The van der Waals surface area contributed by atoms with Crippen LogP contribution in [0.1, 0.15) is 5.69 Å². The van der Waals surface area contributed by atoms with E-state index in [0.717, 1.165) is 5.38 Å². The van der Waals surface area contributed by atoms with Crippen molar-refractivity contribution in [2.45, 2.75) is 6.18 Å². The Hall–Kier alpha value is -2.09. The summed E-state index contributed by atoms with van der Waals surface area (Å²) in [5.41, 5.74) is -1.03. The molecule has 0 unspecified atom stereocenters. The Labute approximate surface area is 116 Å². The fourth-order valence-electron chi connectivity index (χ4n) is 1.28. The fraction of sp³-hybridized carbons (Fsp3) is 0.167. The van der Waals surface area contributed by atoms with Gasteiger partial charge in [-0.25, -0.2) is 4.98 Å². The minimum Gasteiger partial charge on any atom is -0.484 e. The van der Waals surface area contributed by atoms with E-state index in [-0.39, 0.29) is 11.7 Å². The molecule has 8 heteroatoms. The van der Waals surface area contributed by atoms with E-state index < -0.39 is 17.8 Å². The van der Waals surface area contributed by atoms with Crippen molar-refractivity contribution in [2.75, 3.05) is 11.9 Å². The zero-order valence-corrected chi connectivity index (χ0v) is 10.8. The number of carbonyl (C=O) groups excluding carboxylic acids is 1. The number of thiazole rings is 1. The molecule has 1 aromatic carbocycles. The van der Waals surface area contributed by atoms with Gasteiger partial charge in [-0.1, -0.05) is 18.2 Å². The van der Waals surface area contributed by atoms with Crippen LogP contribution in [-0.2, 0) is 11.0 Å². The van der Waals surface area contributed by atoms with E-state index >= 15 is 0 Å². The van der Waals surface area contributed by atoms with Crippen molar-refractivity contribution in [3.05, 3.63) is 41.4 Å². The molecule has 2 rings (SSSR count). The SMILES string of the molecule is O=C(COc1ccccc1)Nc1nc(C(F)(F)F)cs1. The van der Waals surface area contributed by atoms with Gasteiger partial charge in [-0.05, 0) is 12.1 Å². The largest absolute Gasteiger partial charge is 0.484 e. The quantitative estimate of drug-likeness (QED) is 0.943. The number of rotatable bonds is 4. The Morgan fingerprint density at radius 2 is 2.00 bits per heavy atom. The first-order valence-electron chi connectivity index (χ1n) is 5.45. The first-order valence-corrected chi connectivity index (χ1v) is 6.33. The van der Waals surface area contributed by atoms with Gasteiger partial charge in [0.05, 0.1) is 0 Å². The second-order valence-corrected chi connectivity index (χ2v) is 4.54. The van der Waals surface area contributed by atoms with Gasteiger partial charge in [0.25, 0.3) is 5.91 Å². The van der Waals surface area contributed by atoms with Crippen molar-refractivity contribution in [1.29, 1.82) is 0 Å². The minimum atomic E-state index is -4.51. The number of ether oxygens (including phenoxy) is 1. The number of nitrogens with one attached hydrogen (secondary N) is 1. The Balaban J connectivity index is 1.87. The molecule has 0 aliphatic rings. The van der Waals surface area contributed by atoms with E-state index in [2.05, 4.69) is 10.3 Å². The van der Waals surface area contributed by atoms with Gasteiger partial charge in [0.15, 0.2) is 17.4 Å². The molecule has 0 aliphatic heterocycles. The number of nitrogens with zero attached hydrogens (tertiary/aromatic N) is 1. The topological polar surface area (TPSA) is 51.2 Å². The number of amides is 1. The van der Waals surface area contributed by atoms with Crippen LogP contribution in [0.5, 0.6) is 5.75 Å². The number of hydrogen-bond acceptors (Lipinski definition) is 4. The Bertz CT molecular complexity index is 584. The summed E-state index contributed by atoms with van der Waals surface area (Å²) in [4.78, 5) is 14.8. The summed E-state index contributed by atoms with van der Waals surface area (Å²) in [6.45, 7) is -0.301. The van der Waals surface area contributed by atoms with Gasteiger partial charge in [0.1, 0.15) is 5.75 Å². The van der Waals surface area contributed by atoms with Gasteiger partial charge in [0, 0.05) is 5.38 Å². The van der Waals surface area contributed by atoms with Crippen LogP contribution in [0.25, 0.3) is 0 Å². The molecule has 0 bridgehead atoms. The molecule has 106 valence electrons. The lowest BCUT2D eigenvalue weighted by Gasteiger charge is -2.05. The highest BCUT2D eigenvalue weighted by Gasteiger charge is 2.33. The summed E-state index contributed by atoms with van der Waals surface area (Å²) in [7, 11) is 0. The Kier molecular flexibility index (Phi) is 4.23. The van der Waals surface area contributed by atoms with Crippen LogP contribution in [0.4, 0.5) is 18.3 Å². The highest BCUT2D eigenvalue weighted by Crippen LogP contribution is 2.31. The molecule has 4 nitrogen and oxygen atoms in total. The summed E-state index contributed by atoms with van der Waals surface area (Å²) >= 11 is 0.708. The third kappa shape index (κ3) is 3.95. The number of benzene rings is 1. The van der Waals surface area contributed by atoms with Crippen LogP contribution in [0.15, 0.2) is 35.7 Å². The average Bonchev–Trinajstić information content (AvgIpc) is 2.86. The van der Waals surface area contributed by atoms with E-state index in [1.54, 1.807) is 30.3 Å². The first-order chi connectivity index (χ1) is 9.45. The monoisotopic (exact) mass is 302 g/mol. The summed E-state index contributed by atoms with van der Waals surface area (Å²) in [5, 5.41) is 2.98. The second kappa shape index (κ2) is 5.91. The van der Waals surface area contributed by atoms with Crippen LogP contribution in [-0.4, -0.2) is 17.5 Å². The highest BCUT2D eigenvalue weighted by molar-refractivity contribution is 7.13. The third-order valence-electron chi connectivity index (χ3n) is 2.15. The van der Waals surface area contributed by atoms with Crippen molar-refractivity contribution in [3.63, 3.8) is 0 Å². The molecule has 1 aromatic heterocycles. The molecule has 2 aromatic rings. The first kappa shape index (κ1) is 14.3.